The van der Waals surface area contributed by atoms with Crippen LogP contribution in [0.5, 0.6) is 0 Å². The van der Waals surface area contributed by atoms with Gasteiger partial charge in [0.25, 0.3) is 0 Å². The molecular formula is C20H25N3O. The summed E-state index contributed by atoms with van der Waals surface area (Å²) in [5.41, 5.74) is 2.37. The third-order valence-electron chi connectivity index (χ3n) is 4.17. The Labute approximate surface area is 143 Å². The van der Waals surface area contributed by atoms with Crippen LogP contribution in [0, 0.1) is 0 Å². The molecule has 0 aliphatic carbocycles. The van der Waals surface area contributed by atoms with Crippen LogP contribution < -0.4 is 0 Å². The maximum Gasteiger partial charge on any atom is 0.117 e. The van der Waals surface area contributed by atoms with E-state index in [9.17, 15) is 0 Å². The van der Waals surface area contributed by atoms with Crippen LogP contribution >= 0.6 is 0 Å². The number of pyridine rings is 1. The van der Waals surface area contributed by atoms with Crippen LogP contribution in [0.15, 0.2) is 59.3 Å². The molecule has 0 N–H and O–H groups in total. The number of nitrogens with zero attached hydrogens (tertiary/aromatic N) is 3. The zero-order chi connectivity index (χ0) is 16.8. The van der Waals surface area contributed by atoms with Gasteiger partial charge in [0.05, 0.1) is 18.3 Å². The summed E-state index contributed by atoms with van der Waals surface area (Å²) in [6.07, 6.45) is 4.73. The van der Waals surface area contributed by atoms with E-state index in [-0.39, 0.29) is 0 Å². The maximum atomic E-state index is 5.55. The molecule has 0 fully saturated rings. The first-order chi connectivity index (χ1) is 11.7. The summed E-state index contributed by atoms with van der Waals surface area (Å²) in [4.78, 5) is 9.14. The second-order valence-corrected chi connectivity index (χ2v) is 6.43. The van der Waals surface area contributed by atoms with Crippen LogP contribution in [0.4, 0.5) is 0 Å². The van der Waals surface area contributed by atoms with Crippen molar-refractivity contribution in [2.45, 2.75) is 19.5 Å². The molecule has 0 aliphatic rings. The lowest BCUT2D eigenvalue weighted by molar-refractivity contribution is 0.223. The molecule has 4 heteroatoms. The van der Waals surface area contributed by atoms with E-state index in [0.717, 1.165) is 43.9 Å². The fourth-order valence-electron chi connectivity index (χ4n) is 2.99. The van der Waals surface area contributed by atoms with Gasteiger partial charge in [0.15, 0.2) is 0 Å². The molecule has 3 rings (SSSR count). The molecule has 1 aromatic carbocycles. The van der Waals surface area contributed by atoms with Crippen molar-refractivity contribution in [3.8, 4) is 0 Å². The summed E-state index contributed by atoms with van der Waals surface area (Å²) in [6.45, 7) is 3.86. The SMILES string of the molecule is CN(C)CCCN(Cc1ccco1)Cc1cccc2ncccc12. The van der Waals surface area contributed by atoms with Crippen molar-refractivity contribution in [2.24, 2.45) is 0 Å². The second kappa shape index (κ2) is 8.08. The number of fused-ring (bicyclic) bond motifs is 1. The molecule has 2 heterocycles. The highest BCUT2D eigenvalue weighted by Gasteiger charge is 2.11. The molecule has 126 valence electrons. The van der Waals surface area contributed by atoms with Crippen LogP contribution in [0.3, 0.4) is 0 Å². The van der Waals surface area contributed by atoms with Gasteiger partial charge >= 0.3 is 0 Å². The molecule has 0 amide bonds. The Morgan fingerprint density at radius 2 is 1.88 bits per heavy atom. The number of rotatable bonds is 8. The smallest absolute Gasteiger partial charge is 0.117 e. The Bertz CT molecular complexity index is 747. The quantitative estimate of drug-likeness (QED) is 0.631. The monoisotopic (exact) mass is 323 g/mol. The van der Waals surface area contributed by atoms with Gasteiger partial charge in [-0.15, -0.1) is 0 Å². The molecule has 0 aliphatic heterocycles. The summed E-state index contributed by atoms with van der Waals surface area (Å²) in [5.74, 6) is 1.01. The zero-order valence-corrected chi connectivity index (χ0v) is 14.5. The standard InChI is InChI=1S/C20H25N3O/c1-22(2)12-6-13-23(16-18-8-5-14-24-18)15-17-7-3-10-20-19(17)9-4-11-21-20/h3-5,7-11,14H,6,12-13,15-16H2,1-2H3. The number of benzene rings is 1. The van der Waals surface area contributed by atoms with Crippen molar-refractivity contribution >= 4 is 10.9 Å². The second-order valence-electron chi connectivity index (χ2n) is 6.43. The average Bonchev–Trinajstić information content (AvgIpc) is 3.08. The first-order valence-corrected chi connectivity index (χ1v) is 8.44. The first-order valence-electron chi connectivity index (χ1n) is 8.44. The van der Waals surface area contributed by atoms with Gasteiger partial charge in [-0.2, -0.15) is 0 Å². The third-order valence-corrected chi connectivity index (χ3v) is 4.17. The van der Waals surface area contributed by atoms with Crippen molar-refractivity contribution in [1.82, 2.24) is 14.8 Å². The normalized spacial score (nSPS) is 11.7. The Balaban J connectivity index is 1.76. The number of hydrogen-bond acceptors (Lipinski definition) is 4. The minimum atomic E-state index is 0.830. The van der Waals surface area contributed by atoms with Crippen molar-refractivity contribution in [3.05, 3.63) is 66.2 Å². The fourth-order valence-corrected chi connectivity index (χ4v) is 2.99. The Morgan fingerprint density at radius 1 is 0.958 bits per heavy atom. The van der Waals surface area contributed by atoms with Crippen LogP contribution in [0.2, 0.25) is 0 Å². The van der Waals surface area contributed by atoms with E-state index < -0.39 is 0 Å². The lowest BCUT2D eigenvalue weighted by Crippen LogP contribution is -2.26. The molecule has 0 radical (unpaired) electrons. The minimum absolute atomic E-state index is 0.830. The van der Waals surface area contributed by atoms with E-state index >= 15 is 0 Å². The van der Waals surface area contributed by atoms with Crippen LogP contribution in [-0.2, 0) is 13.1 Å². The molecule has 0 saturated heterocycles. The van der Waals surface area contributed by atoms with E-state index in [1.165, 1.54) is 10.9 Å². The number of aromatic nitrogens is 1. The molecule has 0 saturated carbocycles. The zero-order valence-electron chi connectivity index (χ0n) is 14.5. The highest BCUT2D eigenvalue weighted by molar-refractivity contribution is 5.81. The van der Waals surface area contributed by atoms with E-state index in [1.807, 2.05) is 24.4 Å². The minimum Gasteiger partial charge on any atom is -0.468 e. The summed E-state index contributed by atoms with van der Waals surface area (Å²) in [6, 6.07) is 14.5. The van der Waals surface area contributed by atoms with E-state index in [0.29, 0.717) is 0 Å². The van der Waals surface area contributed by atoms with E-state index in [4.69, 9.17) is 4.42 Å². The first kappa shape index (κ1) is 16.7. The molecule has 0 unspecified atom stereocenters. The highest BCUT2D eigenvalue weighted by atomic mass is 16.3. The molecule has 0 spiro atoms. The summed E-state index contributed by atoms with van der Waals surface area (Å²) < 4.78 is 5.55. The van der Waals surface area contributed by atoms with Gasteiger partial charge in [-0.1, -0.05) is 18.2 Å². The van der Waals surface area contributed by atoms with Gasteiger partial charge in [-0.25, -0.2) is 0 Å². The molecule has 0 atom stereocenters. The van der Waals surface area contributed by atoms with Crippen molar-refractivity contribution in [1.29, 1.82) is 0 Å². The van der Waals surface area contributed by atoms with Crippen LogP contribution in [0.25, 0.3) is 10.9 Å². The van der Waals surface area contributed by atoms with Crippen LogP contribution in [0.1, 0.15) is 17.7 Å². The Morgan fingerprint density at radius 3 is 2.67 bits per heavy atom. The van der Waals surface area contributed by atoms with Gasteiger partial charge in [0.1, 0.15) is 5.76 Å². The van der Waals surface area contributed by atoms with Crippen molar-refractivity contribution in [3.63, 3.8) is 0 Å². The Kier molecular flexibility index (Phi) is 5.62. The van der Waals surface area contributed by atoms with Gasteiger partial charge < -0.3 is 9.32 Å². The molecular weight excluding hydrogens is 298 g/mol. The lowest BCUT2D eigenvalue weighted by Gasteiger charge is -2.23. The van der Waals surface area contributed by atoms with Gasteiger partial charge in [-0.3, -0.25) is 9.88 Å². The van der Waals surface area contributed by atoms with E-state index in [2.05, 4.69) is 53.1 Å². The maximum absolute atomic E-state index is 5.55. The van der Waals surface area contributed by atoms with Gasteiger partial charge in [0, 0.05) is 24.7 Å². The molecule has 0 bridgehead atoms. The van der Waals surface area contributed by atoms with Crippen molar-refractivity contribution < 1.29 is 4.42 Å². The molecule has 3 aromatic rings. The predicted molar refractivity (Wildman–Crippen MR) is 97.7 cm³/mol. The summed E-state index contributed by atoms with van der Waals surface area (Å²) in [5, 5.41) is 1.23. The number of hydrogen-bond donors (Lipinski definition) is 0. The third kappa shape index (κ3) is 4.43. The molecule has 2 aromatic heterocycles. The van der Waals surface area contributed by atoms with Crippen LogP contribution in [-0.4, -0.2) is 42.0 Å². The highest BCUT2D eigenvalue weighted by Crippen LogP contribution is 2.19. The summed E-state index contributed by atoms with van der Waals surface area (Å²) >= 11 is 0. The average molecular weight is 323 g/mol. The van der Waals surface area contributed by atoms with Crippen molar-refractivity contribution in [2.75, 3.05) is 27.2 Å². The number of furan rings is 1. The molecule has 4 nitrogen and oxygen atoms in total. The Hall–Kier alpha value is -2.17. The largest absolute Gasteiger partial charge is 0.468 e. The van der Waals surface area contributed by atoms with E-state index in [1.54, 1.807) is 6.26 Å². The lowest BCUT2D eigenvalue weighted by atomic mass is 10.1. The predicted octanol–water partition coefficient (Wildman–Crippen LogP) is 3.78. The van der Waals surface area contributed by atoms with Gasteiger partial charge in [0.2, 0.25) is 0 Å². The summed E-state index contributed by atoms with van der Waals surface area (Å²) in [7, 11) is 4.24. The topological polar surface area (TPSA) is 32.5 Å². The molecule has 24 heavy (non-hydrogen) atoms. The van der Waals surface area contributed by atoms with Gasteiger partial charge in [-0.05, 0) is 56.9 Å². The fraction of sp³-hybridized carbons (Fsp3) is 0.350.